The van der Waals surface area contributed by atoms with E-state index in [2.05, 4.69) is 4.72 Å². The van der Waals surface area contributed by atoms with E-state index in [1.807, 2.05) is 18.2 Å². The maximum absolute atomic E-state index is 12.8. The Morgan fingerprint density at radius 3 is 2.53 bits per heavy atom. The number of carboxylic acid groups (broad SMARTS) is 1. The van der Waals surface area contributed by atoms with Crippen LogP contribution in [0.2, 0.25) is 0 Å². The molecule has 2 N–H and O–H groups in total. The molecule has 0 radical (unpaired) electrons. The van der Waals surface area contributed by atoms with Gasteiger partial charge in [0.05, 0.1) is 10.6 Å². The van der Waals surface area contributed by atoms with Crippen molar-refractivity contribution in [1.82, 2.24) is 9.71 Å². The number of fused-ring (bicyclic) bond motifs is 4. The van der Waals surface area contributed by atoms with Crippen molar-refractivity contribution in [2.24, 2.45) is 5.92 Å². The normalized spacial score (nSPS) is 15.0. The van der Waals surface area contributed by atoms with Crippen LogP contribution < -0.4 is 4.72 Å². The number of aliphatic carboxylic acids is 1. The molecule has 0 amide bonds. The molecule has 1 atom stereocenters. The molecule has 4 aromatic rings. The fourth-order valence-corrected chi connectivity index (χ4v) is 6.58. The van der Waals surface area contributed by atoms with E-state index in [1.165, 1.54) is 29.1 Å². The second-order valence-electron chi connectivity index (χ2n) is 8.39. The first-order valence-corrected chi connectivity index (χ1v) is 12.7. The molecule has 2 aromatic heterocycles. The molecule has 0 fully saturated rings. The highest BCUT2D eigenvalue weighted by atomic mass is 32.2. The first-order chi connectivity index (χ1) is 15.2. The molecule has 0 unspecified atom stereocenters. The van der Waals surface area contributed by atoms with Gasteiger partial charge in [-0.2, -0.15) is 4.72 Å². The van der Waals surface area contributed by atoms with Gasteiger partial charge in [-0.05, 0) is 49.4 Å². The number of sulfonamides is 1. The average molecular weight is 471 g/mol. The quantitative estimate of drug-likeness (QED) is 0.427. The molecule has 7 nitrogen and oxygen atoms in total. The number of thiazole rings is 1. The zero-order chi connectivity index (χ0) is 22.6. The van der Waals surface area contributed by atoms with Gasteiger partial charge in [0.2, 0.25) is 10.0 Å². The summed E-state index contributed by atoms with van der Waals surface area (Å²) in [6.07, 6.45) is 3.29. The molecule has 1 aliphatic carbocycles. The highest BCUT2D eigenvalue weighted by molar-refractivity contribution is 7.89. The van der Waals surface area contributed by atoms with Crippen LogP contribution in [0.4, 0.5) is 0 Å². The first kappa shape index (κ1) is 21.1. The van der Waals surface area contributed by atoms with Gasteiger partial charge in [-0.1, -0.05) is 19.9 Å². The zero-order valence-corrected chi connectivity index (χ0v) is 19.2. The van der Waals surface area contributed by atoms with Crippen LogP contribution in [-0.2, 0) is 27.7 Å². The number of hydrogen-bond donors (Lipinski definition) is 2. The van der Waals surface area contributed by atoms with E-state index < -0.39 is 28.0 Å². The van der Waals surface area contributed by atoms with Crippen molar-refractivity contribution >= 4 is 49.3 Å². The lowest BCUT2D eigenvalue weighted by atomic mass is 10.1. The van der Waals surface area contributed by atoms with Crippen molar-refractivity contribution < 1.29 is 22.7 Å². The van der Waals surface area contributed by atoms with E-state index in [0.717, 1.165) is 34.2 Å². The van der Waals surface area contributed by atoms with E-state index in [0.29, 0.717) is 11.2 Å². The number of nitrogens with one attached hydrogen (secondary N) is 1. The van der Waals surface area contributed by atoms with Crippen LogP contribution in [0.5, 0.6) is 0 Å². The highest BCUT2D eigenvalue weighted by Gasteiger charge is 2.28. The second-order valence-corrected chi connectivity index (χ2v) is 11.2. The third-order valence-electron chi connectivity index (χ3n) is 5.81. The smallest absolute Gasteiger partial charge is 0.322 e. The van der Waals surface area contributed by atoms with E-state index in [1.54, 1.807) is 31.3 Å². The Labute approximate surface area is 189 Å². The third kappa shape index (κ3) is 3.60. The maximum atomic E-state index is 12.8. The van der Waals surface area contributed by atoms with Gasteiger partial charge >= 0.3 is 5.97 Å². The molecule has 0 saturated heterocycles. The number of nitrogens with zero attached hydrogens (tertiary/aromatic N) is 1. The highest BCUT2D eigenvalue weighted by Crippen LogP contribution is 2.37. The molecule has 2 heterocycles. The van der Waals surface area contributed by atoms with Crippen LogP contribution in [0.1, 0.15) is 30.8 Å². The van der Waals surface area contributed by atoms with Crippen LogP contribution in [0.25, 0.3) is 32.5 Å². The van der Waals surface area contributed by atoms with Gasteiger partial charge in [0, 0.05) is 27.3 Å². The Balaban J connectivity index is 1.52. The largest absolute Gasteiger partial charge is 0.480 e. The van der Waals surface area contributed by atoms with Gasteiger partial charge in [0.1, 0.15) is 22.2 Å². The zero-order valence-electron chi connectivity index (χ0n) is 17.6. The van der Waals surface area contributed by atoms with Gasteiger partial charge in [-0.3, -0.25) is 4.79 Å². The number of carbonyl (C=O) groups is 1. The van der Waals surface area contributed by atoms with Crippen LogP contribution in [0.15, 0.2) is 45.7 Å². The molecule has 2 aromatic carbocycles. The molecule has 0 spiro atoms. The van der Waals surface area contributed by atoms with Crippen molar-refractivity contribution in [3.63, 3.8) is 0 Å². The van der Waals surface area contributed by atoms with Gasteiger partial charge in [0.25, 0.3) is 0 Å². The van der Waals surface area contributed by atoms with Crippen LogP contribution in [-0.4, -0.2) is 30.5 Å². The Kier molecular flexibility index (Phi) is 5.07. The first-order valence-electron chi connectivity index (χ1n) is 10.4. The molecular weight excluding hydrogens is 448 g/mol. The minimum atomic E-state index is -4.03. The van der Waals surface area contributed by atoms with Crippen LogP contribution in [0, 0.1) is 5.92 Å². The van der Waals surface area contributed by atoms with Crippen LogP contribution in [0.3, 0.4) is 0 Å². The number of hydrogen-bond acceptors (Lipinski definition) is 6. The Morgan fingerprint density at radius 2 is 1.84 bits per heavy atom. The summed E-state index contributed by atoms with van der Waals surface area (Å²) in [6.45, 7) is 3.30. The molecular formula is C23H22N2O5S2. The number of benzene rings is 2. The van der Waals surface area contributed by atoms with Crippen LogP contribution >= 0.6 is 11.3 Å². The fraction of sp³-hybridized carbons (Fsp3) is 0.304. The van der Waals surface area contributed by atoms with E-state index in [4.69, 9.17) is 9.40 Å². The standard InChI is InChI=1S/C23H22N2O5S2/c1-12(2)21(23(26)27)25-32(28,29)14-7-9-16-15-8-6-13(10-18(15)30-19(16)11-14)22-24-17-4-3-5-20(17)31-22/h6-12,21,25H,3-5H2,1-2H3,(H,26,27)/t21-/m0/s1. The summed E-state index contributed by atoms with van der Waals surface area (Å²) in [5.74, 6) is -1.61. The lowest BCUT2D eigenvalue weighted by Crippen LogP contribution is -2.44. The predicted octanol–water partition coefficient (Wildman–Crippen LogP) is 4.59. The lowest BCUT2D eigenvalue weighted by Gasteiger charge is -2.17. The summed E-state index contributed by atoms with van der Waals surface area (Å²) in [7, 11) is -4.03. The average Bonchev–Trinajstić information content (AvgIpc) is 3.43. The molecule has 32 heavy (non-hydrogen) atoms. The van der Waals surface area contributed by atoms with Crippen molar-refractivity contribution in [1.29, 1.82) is 0 Å². The van der Waals surface area contributed by atoms with Gasteiger partial charge < -0.3 is 9.52 Å². The van der Waals surface area contributed by atoms with E-state index >= 15 is 0 Å². The minimum Gasteiger partial charge on any atom is -0.480 e. The summed E-state index contributed by atoms with van der Waals surface area (Å²) >= 11 is 1.72. The summed E-state index contributed by atoms with van der Waals surface area (Å²) in [5.41, 5.74) is 3.25. The molecule has 0 bridgehead atoms. The predicted molar refractivity (Wildman–Crippen MR) is 123 cm³/mol. The fourth-order valence-electron chi connectivity index (χ4n) is 4.08. The Morgan fingerprint density at radius 1 is 1.12 bits per heavy atom. The topological polar surface area (TPSA) is 110 Å². The summed E-state index contributed by atoms with van der Waals surface area (Å²) < 4.78 is 33.9. The molecule has 0 saturated carbocycles. The number of aryl methyl sites for hydroxylation is 2. The van der Waals surface area contributed by atoms with Gasteiger partial charge in [0.15, 0.2) is 0 Å². The number of furan rings is 1. The van der Waals surface area contributed by atoms with Crippen molar-refractivity contribution in [2.45, 2.75) is 44.0 Å². The van der Waals surface area contributed by atoms with E-state index in [9.17, 15) is 18.3 Å². The molecule has 5 rings (SSSR count). The number of rotatable bonds is 6. The maximum Gasteiger partial charge on any atom is 0.322 e. The molecule has 1 aliphatic rings. The second kappa shape index (κ2) is 7.68. The van der Waals surface area contributed by atoms with Crippen molar-refractivity contribution in [2.75, 3.05) is 0 Å². The number of carboxylic acids is 1. The summed E-state index contributed by atoms with van der Waals surface area (Å²) in [4.78, 5) is 17.5. The summed E-state index contributed by atoms with van der Waals surface area (Å²) in [6, 6.07) is 9.31. The summed E-state index contributed by atoms with van der Waals surface area (Å²) in [5, 5.41) is 12.0. The molecule has 166 valence electrons. The van der Waals surface area contributed by atoms with Gasteiger partial charge in [-0.25, -0.2) is 13.4 Å². The van der Waals surface area contributed by atoms with Gasteiger partial charge in [-0.15, -0.1) is 11.3 Å². The van der Waals surface area contributed by atoms with E-state index in [-0.39, 0.29) is 4.90 Å². The number of aromatic nitrogens is 1. The lowest BCUT2D eigenvalue weighted by molar-refractivity contribution is -0.140. The monoisotopic (exact) mass is 470 g/mol. The Bertz CT molecular complexity index is 1450. The Hall–Kier alpha value is -2.75. The minimum absolute atomic E-state index is 0.0347. The third-order valence-corrected chi connectivity index (χ3v) is 8.46. The SMILES string of the molecule is CC(C)[C@H](NS(=O)(=O)c1ccc2c(c1)oc1cc(-c3nc4c(s3)CCC4)ccc12)C(=O)O. The van der Waals surface area contributed by atoms with Crippen molar-refractivity contribution in [3.8, 4) is 10.6 Å². The molecule has 0 aliphatic heterocycles. The van der Waals surface area contributed by atoms with Crippen molar-refractivity contribution in [3.05, 3.63) is 47.0 Å². The molecule has 9 heteroatoms.